The van der Waals surface area contributed by atoms with E-state index in [2.05, 4.69) is 51.0 Å². The lowest BCUT2D eigenvalue weighted by Gasteiger charge is -2.18. The minimum absolute atomic E-state index is 0.0352. The summed E-state index contributed by atoms with van der Waals surface area (Å²) < 4.78 is 29.0. The first-order valence-corrected chi connectivity index (χ1v) is 18.8. The predicted molar refractivity (Wildman–Crippen MR) is 202 cm³/mol. The van der Waals surface area contributed by atoms with Crippen LogP contribution in [0.5, 0.6) is 0 Å². The van der Waals surface area contributed by atoms with E-state index in [1.807, 2.05) is 40.2 Å². The maximum Gasteiger partial charge on any atom is 0.210 e. The van der Waals surface area contributed by atoms with Gasteiger partial charge in [0.2, 0.25) is 10.3 Å². The standard InChI is InChI=1S/2C16H14Cl2FN5S/c1-7(2)20-12-11(10-8(17)5-4-6-9(10)19)14(18)21-15-13(12)23-24-16(22-15)25-3;1-7(2)20-14-11(10-8(17)5-4-6-9(10)19)12(18)13-15(21-14)22-16(25-3)24-23-13/h2*4-7H,1-3H3,(H,20,21,22,24). The van der Waals surface area contributed by atoms with E-state index in [4.69, 9.17) is 46.4 Å². The molecule has 0 atom stereocenters. The number of hydrogen-bond donors (Lipinski definition) is 2. The SMILES string of the molecule is CSc1nnc2c(Cl)c(-c3c(F)cccc3Cl)c(NC(C)C)nc2n1.CSc1nnc2c(NC(C)C)c(-c3c(F)cccc3Cl)c(Cl)nc2n1. The summed E-state index contributed by atoms with van der Waals surface area (Å²) in [6, 6.07) is 8.98. The molecule has 0 saturated heterocycles. The number of nitrogens with one attached hydrogen (secondary N) is 2. The number of nitrogens with zero attached hydrogens (tertiary/aromatic N) is 8. The Bertz CT molecular complexity index is 2110. The predicted octanol–water partition coefficient (Wildman–Crippen LogP) is 10.1. The van der Waals surface area contributed by atoms with Gasteiger partial charge in [0, 0.05) is 34.3 Å². The van der Waals surface area contributed by atoms with Crippen LogP contribution in [0.4, 0.5) is 20.3 Å². The highest BCUT2D eigenvalue weighted by Crippen LogP contribution is 2.43. The molecule has 0 aliphatic heterocycles. The highest BCUT2D eigenvalue weighted by Gasteiger charge is 2.25. The highest BCUT2D eigenvalue weighted by molar-refractivity contribution is 7.98. The van der Waals surface area contributed by atoms with Crippen molar-refractivity contribution in [2.75, 3.05) is 23.1 Å². The molecule has 0 aliphatic carbocycles. The lowest BCUT2D eigenvalue weighted by atomic mass is 10.0. The number of hydrogen-bond acceptors (Lipinski definition) is 12. The Hall–Kier alpha value is -3.40. The summed E-state index contributed by atoms with van der Waals surface area (Å²) in [5, 5.41) is 24.5. The molecule has 4 heterocycles. The molecule has 0 saturated carbocycles. The highest BCUT2D eigenvalue weighted by atomic mass is 35.5. The second kappa shape index (κ2) is 16.3. The average Bonchev–Trinajstić information content (AvgIpc) is 3.06. The summed E-state index contributed by atoms with van der Waals surface area (Å²) >= 11 is 28.1. The monoisotopic (exact) mass is 794 g/mol. The molecule has 0 bridgehead atoms. The molecule has 0 unspecified atom stereocenters. The summed E-state index contributed by atoms with van der Waals surface area (Å²) in [6.45, 7) is 7.78. The van der Waals surface area contributed by atoms with E-state index in [0.29, 0.717) is 55.3 Å². The topological polar surface area (TPSA) is 127 Å². The number of fused-ring (bicyclic) bond motifs is 2. The number of benzene rings is 2. The molecule has 4 aromatic heterocycles. The molecule has 10 nitrogen and oxygen atoms in total. The van der Waals surface area contributed by atoms with Gasteiger partial charge in [-0.2, -0.15) is 9.97 Å². The zero-order valence-corrected chi connectivity index (χ0v) is 31.9. The largest absolute Gasteiger partial charge is 0.380 e. The zero-order chi connectivity index (χ0) is 36.3. The molecule has 260 valence electrons. The Kier molecular flexibility index (Phi) is 12.3. The lowest BCUT2D eigenvalue weighted by molar-refractivity contribution is 0.631. The van der Waals surface area contributed by atoms with Crippen molar-refractivity contribution in [1.82, 2.24) is 40.3 Å². The molecule has 0 fully saturated rings. The summed E-state index contributed by atoms with van der Waals surface area (Å²) in [5.41, 5.74) is 2.91. The van der Waals surface area contributed by atoms with Gasteiger partial charge >= 0.3 is 0 Å². The molecule has 2 aromatic carbocycles. The van der Waals surface area contributed by atoms with Crippen LogP contribution in [0, 0.1) is 11.6 Å². The number of halogens is 6. The molecular weight excluding hydrogens is 768 g/mol. The van der Waals surface area contributed by atoms with E-state index in [1.54, 1.807) is 12.1 Å². The summed E-state index contributed by atoms with van der Waals surface area (Å²) in [7, 11) is 0. The summed E-state index contributed by atoms with van der Waals surface area (Å²) in [5.74, 6) is -0.597. The second-order valence-corrected chi connectivity index (χ2v) is 14.1. The maximum absolute atomic E-state index is 14.5. The Balaban J connectivity index is 0.000000194. The fourth-order valence-corrected chi connectivity index (χ4v) is 6.42. The van der Waals surface area contributed by atoms with Crippen molar-refractivity contribution in [2.45, 2.75) is 50.1 Å². The lowest BCUT2D eigenvalue weighted by Crippen LogP contribution is -2.13. The molecule has 50 heavy (non-hydrogen) atoms. The fraction of sp³-hybridized carbons (Fsp3) is 0.250. The average molecular weight is 797 g/mol. The van der Waals surface area contributed by atoms with Crippen LogP contribution < -0.4 is 10.6 Å². The number of thioether (sulfide) groups is 2. The van der Waals surface area contributed by atoms with Gasteiger partial charge in [0.15, 0.2) is 16.8 Å². The first-order valence-electron chi connectivity index (χ1n) is 14.8. The number of aromatic nitrogens is 8. The van der Waals surface area contributed by atoms with Gasteiger partial charge < -0.3 is 10.6 Å². The molecule has 6 rings (SSSR count). The Morgan fingerprint density at radius 1 is 0.600 bits per heavy atom. The van der Waals surface area contributed by atoms with E-state index >= 15 is 0 Å². The van der Waals surface area contributed by atoms with E-state index in [9.17, 15) is 8.78 Å². The van der Waals surface area contributed by atoms with Crippen molar-refractivity contribution in [2.24, 2.45) is 0 Å². The number of anilines is 2. The van der Waals surface area contributed by atoms with Crippen LogP contribution in [0.25, 0.3) is 44.6 Å². The Morgan fingerprint density at radius 2 is 1.10 bits per heavy atom. The molecule has 18 heteroatoms. The number of pyridine rings is 2. The normalized spacial score (nSPS) is 11.3. The molecule has 2 N–H and O–H groups in total. The van der Waals surface area contributed by atoms with Crippen molar-refractivity contribution in [3.63, 3.8) is 0 Å². The summed E-state index contributed by atoms with van der Waals surface area (Å²) in [6.07, 6.45) is 3.68. The van der Waals surface area contributed by atoms with Crippen LogP contribution in [0.2, 0.25) is 20.2 Å². The Labute approximate surface area is 314 Å². The first-order chi connectivity index (χ1) is 23.8. The van der Waals surface area contributed by atoms with Crippen molar-refractivity contribution >= 4 is 104 Å². The van der Waals surface area contributed by atoms with Crippen LogP contribution in [-0.4, -0.2) is 64.9 Å². The van der Waals surface area contributed by atoms with Gasteiger partial charge in [0.1, 0.15) is 28.1 Å². The van der Waals surface area contributed by atoms with Crippen molar-refractivity contribution in [3.8, 4) is 22.3 Å². The minimum Gasteiger partial charge on any atom is -0.380 e. The van der Waals surface area contributed by atoms with E-state index in [1.165, 1.54) is 47.8 Å². The van der Waals surface area contributed by atoms with E-state index in [0.717, 1.165) is 0 Å². The van der Waals surface area contributed by atoms with Crippen LogP contribution >= 0.6 is 69.9 Å². The third-order valence-electron chi connectivity index (χ3n) is 6.73. The molecule has 0 radical (unpaired) electrons. The van der Waals surface area contributed by atoms with E-state index in [-0.39, 0.29) is 43.4 Å². The van der Waals surface area contributed by atoms with Crippen LogP contribution in [0.15, 0.2) is 46.7 Å². The van der Waals surface area contributed by atoms with Crippen LogP contribution in [-0.2, 0) is 0 Å². The van der Waals surface area contributed by atoms with Gasteiger partial charge in [0.05, 0.1) is 20.8 Å². The van der Waals surface area contributed by atoms with Crippen molar-refractivity contribution < 1.29 is 8.78 Å². The maximum atomic E-state index is 14.5. The van der Waals surface area contributed by atoms with Gasteiger partial charge in [-0.15, -0.1) is 20.4 Å². The van der Waals surface area contributed by atoms with Crippen LogP contribution in [0.3, 0.4) is 0 Å². The van der Waals surface area contributed by atoms with Gasteiger partial charge in [0.25, 0.3) is 0 Å². The fourth-order valence-electron chi connectivity index (χ4n) is 4.73. The molecule has 0 spiro atoms. The molecule has 6 aromatic rings. The summed E-state index contributed by atoms with van der Waals surface area (Å²) in [4.78, 5) is 17.4. The van der Waals surface area contributed by atoms with Crippen molar-refractivity contribution in [3.05, 3.63) is 68.3 Å². The quantitative estimate of drug-likeness (QED) is 0.112. The molecule has 0 aliphatic rings. The van der Waals surface area contributed by atoms with Crippen molar-refractivity contribution in [1.29, 1.82) is 0 Å². The van der Waals surface area contributed by atoms with Crippen LogP contribution in [0.1, 0.15) is 27.7 Å². The third kappa shape index (κ3) is 8.05. The smallest absolute Gasteiger partial charge is 0.210 e. The second-order valence-electron chi connectivity index (χ2n) is 11.0. The van der Waals surface area contributed by atoms with Gasteiger partial charge in [-0.3, -0.25) is 0 Å². The zero-order valence-electron chi connectivity index (χ0n) is 27.3. The Morgan fingerprint density at radius 3 is 1.60 bits per heavy atom. The van der Waals surface area contributed by atoms with Gasteiger partial charge in [-0.25, -0.2) is 18.7 Å². The van der Waals surface area contributed by atoms with Gasteiger partial charge in [-0.05, 0) is 64.5 Å². The number of rotatable bonds is 8. The third-order valence-corrected chi connectivity index (χ3v) is 9.07. The van der Waals surface area contributed by atoms with Gasteiger partial charge in [-0.1, -0.05) is 82.1 Å². The minimum atomic E-state index is -0.496. The first kappa shape index (κ1) is 37.8. The van der Waals surface area contributed by atoms with E-state index < -0.39 is 11.6 Å². The molecular formula is C32H28Cl4F2N10S2. The molecule has 0 amide bonds.